The molecule has 46 valence electrons. The average molecular weight is 132 g/mol. The lowest BCUT2D eigenvalue weighted by Crippen LogP contribution is -1.75. The predicted molar refractivity (Wildman–Crippen MR) is 33.7 cm³/mol. The molecule has 1 aliphatic rings. The highest BCUT2D eigenvalue weighted by Gasteiger charge is 2.19. The van der Waals surface area contributed by atoms with Crippen LogP contribution in [0.25, 0.3) is 0 Å². The molecule has 1 unspecified atom stereocenters. The summed E-state index contributed by atoms with van der Waals surface area (Å²) in [6.45, 7) is 1.69. The quantitative estimate of drug-likeness (QED) is 0.510. The summed E-state index contributed by atoms with van der Waals surface area (Å²) in [6, 6.07) is 0. The van der Waals surface area contributed by atoms with Crippen molar-refractivity contribution in [2.45, 2.75) is 6.42 Å². The Labute approximate surface area is 48.6 Å². The van der Waals surface area contributed by atoms with E-state index in [1.54, 1.807) is 6.66 Å². The van der Waals surface area contributed by atoms with E-state index in [2.05, 4.69) is 0 Å². The number of rotatable bonds is 0. The van der Waals surface area contributed by atoms with Crippen LogP contribution in [-0.2, 0) is 4.57 Å². The van der Waals surface area contributed by atoms with Gasteiger partial charge in [0, 0.05) is 18.4 Å². The summed E-state index contributed by atoms with van der Waals surface area (Å²) in [4.78, 5) is 0. The third-order valence-corrected chi connectivity index (χ3v) is 3.19. The molecule has 1 heterocycles. The molecule has 0 aliphatic carbocycles. The van der Waals surface area contributed by atoms with E-state index in [4.69, 9.17) is 5.11 Å². The Morgan fingerprint density at radius 1 is 1.88 bits per heavy atom. The molecule has 0 aromatic heterocycles. The third-order valence-electron chi connectivity index (χ3n) is 1.23. The van der Waals surface area contributed by atoms with Gasteiger partial charge in [-0.2, -0.15) is 0 Å². The molecular formula is C5H9O2P. The number of aliphatic hydroxyl groups excluding tert-OH is 1. The molecule has 8 heavy (non-hydrogen) atoms. The van der Waals surface area contributed by atoms with Gasteiger partial charge in [0.15, 0.2) is 0 Å². The van der Waals surface area contributed by atoms with Crippen molar-refractivity contribution in [3.05, 3.63) is 11.6 Å². The second kappa shape index (κ2) is 1.63. The molecule has 0 bridgehead atoms. The van der Waals surface area contributed by atoms with E-state index in [-0.39, 0.29) is 0 Å². The van der Waals surface area contributed by atoms with E-state index in [1.807, 2.05) is 0 Å². The number of aliphatic hydroxyl groups is 1. The lowest BCUT2D eigenvalue weighted by Gasteiger charge is -1.93. The Hall–Kier alpha value is -0.230. The maximum atomic E-state index is 11.0. The summed E-state index contributed by atoms with van der Waals surface area (Å²) in [5, 5.41) is 8.75. The van der Waals surface area contributed by atoms with Crippen LogP contribution in [0.3, 0.4) is 0 Å². The summed E-state index contributed by atoms with van der Waals surface area (Å²) in [6.07, 6.45) is 1.26. The minimum absolute atomic E-state index is 0.302. The minimum Gasteiger partial charge on any atom is -0.512 e. The van der Waals surface area contributed by atoms with Gasteiger partial charge in [-0.25, -0.2) is 0 Å². The van der Waals surface area contributed by atoms with E-state index in [1.165, 1.54) is 5.82 Å². The zero-order chi connectivity index (χ0) is 6.20. The lowest BCUT2D eigenvalue weighted by atomic mass is 10.4. The van der Waals surface area contributed by atoms with Crippen molar-refractivity contribution in [1.82, 2.24) is 0 Å². The van der Waals surface area contributed by atoms with Crippen LogP contribution in [0.15, 0.2) is 11.6 Å². The van der Waals surface area contributed by atoms with Crippen LogP contribution in [0, 0.1) is 0 Å². The first-order chi connectivity index (χ1) is 3.60. The lowest BCUT2D eigenvalue weighted by molar-refractivity contribution is 0.400. The van der Waals surface area contributed by atoms with Gasteiger partial charge in [0.2, 0.25) is 0 Å². The largest absolute Gasteiger partial charge is 0.512 e. The molecule has 0 saturated carbocycles. The Kier molecular flexibility index (Phi) is 1.20. The molecule has 0 radical (unpaired) electrons. The Morgan fingerprint density at radius 2 is 2.50 bits per heavy atom. The second-order valence-electron chi connectivity index (χ2n) is 2.27. The normalized spacial score (nSPS) is 37.4. The Balaban J connectivity index is 2.82. The predicted octanol–water partition coefficient (Wildman–Crippen LogP) is 1.78. The monoisotopic (exact) mass is 132 g/mol. The van der Waals surface area contributed by atoms with E-state index in [0.29, 0.717) is 18.3 Å². The zero-order valence-corrected chi connectivity index (χ0v) is 5.69. The molecule has 0 amide bonds. The van der Waals surface area contributed by atoms with Gasteiger partial charge < -0.3 is 9.67 Å². The van der Waals surface area contributed by atoms with Crippen LogP contribution >= 0.6 is 7.14 Å². The maximum Gasteiger partial charge on any atom is 0.109 e. The van der Waals surface area contributed by atoms with Gasteiger partial charge in [-0.1, -0.05) is 0 Å². The van der Waals surface area contributed by atoms with Gasteiger partial charge in [-0.15, -0.1) is 0 Å². The molecule has 2 nitrogen and oxygen atoms in total. The smallest absolute Gasteiger partial charge is 0.109 e. The first-order valence-electron chi connectivity index (χ1n) is 2.57. The molecule has 0 aromatic rings. The second-order valence-corrected chi connectivity index (χ2v) is 5.32. The number of hydrogen-bond acceptors (Lipinski definition) is 2. The van der Waals surface area contributed by atoms with Gasteiger partial charge in [-0.05, 0) is 6.66 Å². The van der Waals surface area contributed by atoms with Crippen LogP contribution in [0.4, 0.5) is 0 Å². The summed E-state index contributed by atoms with van der Waals surface area (Å²) >= 11 is 0. The van der Waals surface area contributed by atoms with Crippen LogP contribution < -0.4 is 0 Å². The van der Waals surface area contributed by atoms with Crippen molar-refractivity contribution < 1.29 is 9.67 Å². The van der Waals surface area contributed by atoms with Gasteiger partial charge in [0.1, 0.15) is 7.14 Å². The average Bonchev–Trinajstić information content (AvgIpc) is 1.82. The fraction of sp³-hybridized carbons (Fsp3) is 0.600. The highest BCUT2D eigenvalue weighted by atomic mass is 31.2. The molecule has 3 heteroatoms. The molecule has 1 aliphatic heterocycles. The number of hydrogen-bond donors (Lipinski definition) is 1. The van der Waals surface area contributed by atoms with Crippen molar-refractivity contribution in [2.75, 3.05) is 12.8 Å². The molecule has 1 rings (SSSR count). The summed E-state index contributed by atoms with van der Waals surface area (Å²) < 4.78 is 11.0. The third kappa shape index (κ3) is 1.13. The SMILES string of the molecule is CP1(=O)C=C(O)CC1. The van der Waals surface area contributed by atoms with Gasteiger partial charge in [0.05, 0.1) is 5.76 Å². The van der Waals surface area contributed by atoms with E-state index in [0.717, 1.165) is 0 Å². The highest BCUT2D eigenvalue weighted by Crippen LogP contribution is 2.49. The van der Waals surface area contributed by atoms with Gasteiger partial charge in [0.25, 0.3) is 0 Å². The first kappa shape index (κ1) is 5.90. The fourth-order valence-electron chi connectivity index (χ4n) is 0.781. The van der Waals surface area contributed by atoms with Crippen molar-refractivity contribution in [3.63, 3.8) is 0 Å². The Bertz CT molecular complexity index is 171. The Morgan fingerprint density at radius 3 is 2.62 bits per heavy atom. The standard InChI is InChI=1S/C5H9O2P/c1-8(7)3-2-5(6)4-8/h4,6H,2-3H2,1H3. The molecule has 0 saturated heterocycles. The summed E-state index contributed by atoms with van der Waals surface area (Å²) in [5.41, 5.74) is 0. The van der Waals surface area contributed by atoms with E-state index < -0.39 is 7.14 Å². The zero-order valence-electron chi connectivity index (χ0n) is 4.79. The first-order valence-corrected chi connectivity index (χ1v) is 4.98. The molecule has 0 fully saturated rings. The minimum atomic E-state index is -2.01. The highest BCUT2D eigenvalue weighted by molar-refractivity contribution is 7.66. The maximum absolute atomic E-state index is 11.0. The van der Waals surface area contributed by atoms with Crippen LogP contribution in [0.5, 0.6) is 0 Å². The van der Waals surface area contributed by atoms with Crippen LogP contribution in [0.1, 0.15) is 6.42 Å². The number of allylic oxidation sites excluding steroid dienone is 1. The molecule has 0 aromatic carbocycles. The van der Waals surface area contributed by atoms with Crippen LogP contribution in [0.2, 0.25) is 0 Å². The van der Waals surface area contributed by atoms with E-state index >= 15 is 0 Å². The van der Waals surface area contributed by atoms with Crippen molar-refractivity contribution in [1.29, 1.82) is 0 Å². The molecule has 0 spiro atoms. The van der Waals surface area contributed by atoms with Crippen LogP contribution in [-0.4, -0.2) is 17.9 Å². The topological polar surface area (TPSA) is 37.3 Å². The summed E-state index contributed by atoms with van der Waals surface area (Å²) in [7, 11) is -2.01. The fourth-order valence-corrected chi connectivity index (χ4v) is 2.34. The molecular weight excluding hydrogens is 123 g/mol. The van der Waals surface area contributed by atoms with Gasteiger partial charge in [-0.3, -0.25) is 0 Å². The van der Waals surface area contributed by atoms with Crippen molar-refractivity contribution in [2.24, 2.45) is 0 Å². The molecule has 1 N–H and O–H groups in total. The van der Waals surface area contributed by atoms with Crippen molar-refractivity contribution in [3.8, 4) is 0 Å². The molecule has 1 atom stereocenters. The van der Waals surface area contributed by atoms with Crippen molar-refractivity contribution >= 4 is 7.14 Å². The summed E-state index contributed by atoms with van der Waals surface area (Å²) in [5.74, 6) is 1.79. The van der Waals surface area contributed by atoms with E-state index in [9.17, 15) is 4.57 Å². The van der Waals surface area contributed by atoms with Gasteiger partial charge >= 0.3 is 0 Å².